The number of fused-ring (bicyclic) bond motifs is 1. The third-order valence-corrected chi connectivity index (χ3v) is 6.00. The van der Waals surface area contributed by atoms with Crippen molar-refractivity contribution in [3.05, 3.63) is 65.7 Å². The Bertz CT molecular complexity index is 943. The summed E-state index contributed by atoms with van der Waals surface area (Å²) in [4.78, 5) is 41.2. The van der Waals surface area contributed by atoms with E-state index in [4.69, 9.17) is 0 Å². The second kappa shape index (κ2) is 7.70. The summed E-state index contributed by atoms with van der Waals surface area (Å²) in [5, 5.41) is 2.74. The molecule has 0 bridgehead atoms. The van der Waals surface area contributed by atoms with E-state index < -0.39 is 5.41 Å². The molecule has 2 aliphatic rings. The Morgan fingerprint density at radius 1 is 1.07 bits per heavy atom. The molecule has 0 saturated carbocycles. The topological polar surface area (TPSA) is 69.7 Å². The molecule has 2 aromatic rings. The summed E-state index contributed by atoms with van der Waals surface area (Å²) in [5.74, 6) is -0.190. The maximum atomic E-state index is 13.5. The molecule has 0 spiro atoms. The molecule has 29 heavy (non-hydrogen) atoms. The molecule has 1 fully saturated rings. The Morgan fingerprint density at radius 2 is 1.79 bits per heavy atom. The fourth-order valence-electron chi connectivity index (χ4n) is 4.49. The first-order chi connectivity index (χ1) is 14.0. The van der Waals surface area contributed by atoms with Crippen LogP contribution in [-0.2, 0) is 26.2 Å². The highest BCUT2D eigenvalue weighted by molar-refractivity contribution is 6.08. The van der Waals surface area contributed by atoms with Crippen LogP contribution in [-0.4, -0.2) is 49.3 Å². The Hall–Kier alpha value is -3.15. The van der Waals surface area contributed by atoms with Crippen LogP contribution < -0.4 is 10.2 Å². The van der Waals surface area contributed by atoms with Crippen molar-refractivity contribution in [2.45, 2.75) is 24.7 Å². The minimum Gasteiger partial charge on any atom is -0.353 e. The van der Waals surface area contributed by atoms with Crippen molar-refractivity contribution in [1.29, 1.82) is 0 Å². The van der Waals surface area contributed by atoms with Gasteiger partial charge in [-0.15, -0.1) is 0 Å². The van der Waals surface area contributed by atoms with Crippen LogP contribution in [0, 0.1) is 0 Å². The summed E-state index contributed by atoms with van der Waals surface area (Å²) in [6.45, 7) is 1.08. The van der Waals surface area contributed by atoms with E-state index >= 15 is 0 Å². The molecule has 6 heteroatoms. The number of piperazine rings is 1. The minimum atomic E-state index is -0.777. The van der Waals surface area contributed by atoms with Gasteiger partial charge in [0.05, 0.1) is 12.0 Å². The molecule has 1 saturated heterocycles. The summed E-state index contributed by atoms with van der Waals surface area (Å²) < 4.78 is 0. The van der Waals surface area contributed by atoms with Gasteiger partial charge in [0, 0.05) is 32.2 Å². The van der Waals surface area contributed by atoms with Gasteiger partial charge >= 0.3 is 0 Å². The maximum Gasteiger partial charge on any atom is 0.239 e. The number of carbonyl (C=O) groups is 3. The SMILES string of the molecule is CN1C(=O)C(CCC(=O)N2CCNC(=O)C2)(Cc2ccccc2)c2ccccc21. The van der Waals surface area contributed by atoms with Gasteiger partial charge in [0.1, 0.15) is 0 Å². The average Bonchev–Trinajstić information content (AvgIpc) is 2.95. The zero-order valence-electron chi connectivity index (χ0n) is 16.6. The summed E-state index contributed by atoms with van der Waals surface area (Å²) >= 11 is 0. The van der Waals surface area contributed by atoms with Crippen molar-refractivity contribution in [3.8, 4) is 0 Å². The molecule has 4 rings (SSSR count). The number of nitrogens with one attached hydrogen (secondary N) is 1. The van der Waals surface area contributed by atoms with E-state index in [0.717, 1.165) is 16.8 Å². The third kappa shape index (κ3) is 3.50. The predicted octanol–water partition coefficient (Wildman–Crippen LogP) is 1.88. The second-order valence-electron chi connectivity index (χ2n) is 7.79. The monoisotopic (exact) mass is 391 g/mol. The average molecular weight is 391 g/mol. The molecule has 150 valence electrons. The lowest BCUT2D eigenvalue weighted by atomic mass is 9.73. The zero-order chi connectivity index (χ0) is 20.4. The molecule has 0 aromatic heterocycles. The number of amides is 3. The van der Waals surface area contributed by atoms with Gasteiger partial charge in [0.2, 0.25) is 17.7 Å². The molecule has 0 radical (unpaired) electrons. The minimum absolute atomic E-state index is 0.0201. The summed E-state index contributed by atoms with van der Waals surface area (Å²) in [5.41, 5.74) is 2.16. The van der Waals surface area contributed by atoms with Crippen LogP contribution >= 0.6 is 0 Å². The zero-order valence-corrected chi connectivity index (χ0v) is 16.6. The molecule has 2 aromatic carbocycles. The molecular formula is C23H25N3O3. The van der Waals surface area contributed by atoms with Crippen LogP contribution in [0.15, 0.2) is 54.6 Å². The lowest BCUT2D eigenvalue weighted by Gasteiger charge is -2.31. The first-order valence-corrected chi connectivity index (χ1v) is 9.97. The van der Waals surface area contributed by atoms with Crippen molar-refractivity contribution in [2.75, 3.05) is 31.6 Å². The number of anilines is 1. The number of carbonyl (C=O) groups excluding carboxylic acids is 3. The lowest BCUT2D eigenvalue weighted by molar-refractivity contribution is -0.138. The van der Waals surface area contributed by atoms with E-state index in [1.165, 1.54) is 0 Å². The highest BCUT2D eigenvalue weighted by Crippen LogP contribution is 2.46. The van der Waals surface area contributed by atoms with E-state index in [9.17, 15) is 14.4 Å². The molecule has 2 heterocycles. The number of likely N-dealkylation sites (N-methyl/N-ethyl adjacent to an activating group) is 1. The van der Waals surface area contributed by atoms with Crippen molar-refractivity contribution in [2.24, 2.45) is 0 Å². The second-order valence-corrected chi connectivity index (χ2v) is 7.79. The van der Waals surface area contributed by atoms with Crippen molar-refractivity contribution in [1.82, 2.24) is 10.2 Å². The van der Waals surface area contributed by atoms with E-state index in [2.05, 4.69) is 5.32 Å². The van der Waals surface area contributed by atoms with Crippen LogP contribution in [0.4, 0.5) is 5.69 Å². The number of para-hydroxylation sites is 1. The first-order valence-electron chi connectivity index (χ1n) is 9.97. The Balaban J connectivity index is 1.64. The van der Waals surface area contributed by atoms with Crippen molar-refractivity contribution < 1.29 is 14.4 Å². The number of benzene rings is 2. The molecule has 2 aliphatic heterocycles. The van der Waals surface area contributed by atoms with E-state index in [0.29, 0.717) is 25.9 Å². The Morgan fingerprint density at radius 3 is 2.55 bits per heavy atom. The normalized spacial score (nSPS) is 21.1. The number of nitrogens with zero attached hydrogens (tertiary/aromatic N) is 2. The standard InChI is InChI=1S/C23H25N3O3/c1-25-19-10-6-5-9-18(19)23(22(25)29,15-17-7-3-2-4-8-17)12-11-21(28)26-14-13-24-20(27)16-26/h2-10H,11-16H2,1H3,(H,24,27). The van der Waals surface area contributed by atoms with E-state index in [1.807, 2.05) is 54.6 Å². The van der Waals surface area contributed by atoms with Crippen LogP contribution in [0.5, 0.6) is 0 Å². The maximum absolute atomic E-state index is 13.5. The molecule has 3 amide bonds. The largest absolute Gasteiger partial charge is 0.353 e. The Kier molecular flexibility index (Phi) is 5.09. The van der Waals surface area contributed by atoms with Crippen LogP contribution in [0.2, 0.25) is 0 Å². The molecule has 0 aliphatic carbocycles. The summed E-state index contributed by atoms with van der Waals surface area (Å²) in [6.07, 6.45) is 1.19. The van der Waals surface area contributed by atoms with Gasteiger partial charge < -0.3 is 15.1 Å². The fraction of sp³-hybridized carbons (Fsp3) is 0.348. The Labute approximate surface area is 170 Å². The van der Waals surface area contributed by atoms with Gasteiger partial charge in [0.25, 0.3) is 0 Å². The molecule has 1 N–H and O–H groups in total. The highest BCUT2D eigenvalue weighted by atomic mass is 16.2. The molecule has 6 nitrogen and oxygen atoms in total. The van der Waals surface area contributed by atoms with Crippen molar-refractivity contribution in [3.63, 3.8) is 0 Å². The summed E-state index contributed by atoms with van der Waals surface area (Å²) in [7, 11) is 1.80. The van der Waals surface area contributed by atoms with Crippen LogP contribution in [0.3, 0.4) is 0 Å². The first kappa shape index (κ1) is 19.2. The van der Waals surface area contributed by atoms with Gasteiger partial charge in [0.15, 0.2) is 0 Å². The van der Waals surface area contributed by atoms with E-state index in [-0.39, 0.29) is 30.7 Å². The van der Waals surface area contributed by atoms with Crippen LogP contribution in [0.1, 0.15) is 24.0 Å². The molecule has 1 unspecified atom stereocenters. The van der Waals surface area contributed by atoms with Gasteiger partial charge in [-0.2, -0.15) is 0 Å². The summed E-state index contributed by atoms with van der Waals surface area (Å²) in [6, 6.07) is 17.8. The number of hydrogen-bond acceptors (Lipinski definition) is 3. The lowest BCUT2D eigenvalue weighted by Crippen LogP contribution is -2.50. The predicted molar refractivity (Wildman–Crippen MR) is 110 cm³/mol. The third-order valence-electron chi connectivity index (χ3n) is 6.00. The number of hydrogen-bond donors (Lipinski definition) is 1. The quantitative estimate of drug-likeness (QED) is 0.846. The highest BCUT2D eigenvalue weighted by Gasteiger charge is 2.49. The molecular weight excluding hydrogens is 366 g/mol. The smallest absolute Gasteiger partial charge is 0.239 e. The van der Waals surface area contributed by atoms with Crippen molar-refractivity contribution >= 4 is 23.4 Å². The fourth-order valence-corrected chi connectivity index (χ4v) is 4.49. The van der Waals surface area contributed by atoms with Gasteiger partial charge in [-0.1, -0.05) is 48.5 Å². The van der Waals surface area contributed by atoms with Crippen LogP contribution in [0.25, 0.3) is 0 Å². The van der Waals surface area contributed by atoms with Gasteiger partial charge in [-0.3, -0.25) is 14.4 Å². The molecule has 1 atom stereocenters. The van der Waals surface area contributed by atoms with E-state index in [1.54, 1.807) is 16.8 Å². The van der Waals surface area contributed by atoms with Gasteiger partial charge in [-0.05, 0) is 30.0 Å². The number of rotatable bonds is 5. The van der Waals surface area contributed by atoms with Gasteiger partial charge in [-0.25, -0.2) is 0 Å².